The number of nitrogens with zero attached hydrogens (tertiary/aromatic N) is 5. The standard InChI is InChI=1S/C23H25N7O2S/c1-14(2)15-7-9-18(10-8-15)33(31,32)29-13-17(11-16-5-3-4-6-20(16)29)30-22-19(12-26-30)21(24)27-23(25)28-22/h3-10,12,14,17H,11,13H2,1-2H3,(H4,24,25,27,28). The molecule has 1 aliphatic rings. The first-order valence-corrected chi connectivity index (χ1v) is 12.2. The number of nitrogens with two attached hydrogens (primary N) is 2. The maximum Gasteiger partial charge on any atom is 0.264 e. The van der Waals surface area contributed by atoms with Gasteiger partial charge in [0.15, 0.2) is 5.65 Å². The van der Waals surface area contributed by atoms with Gasteiger partial charge in [-0.05, 0) is 41.7 Å². The molecule has 1 unspecified atom stereocenters. The molecule has 1 atom stereocenters. The number of benzene rings is 2. The quantitative estimate of drug-likeness (QED) is 0.475. The Labute approximate surface area is 192 Å². The Morgan fingerprint density at radius 2 is 1.76 bits per heavy atom. The van der Waals surface area contributed by atoms with Crippen LogP contribution in [-0.4, -0.2) is 34.7 Å². The van der Waals surface area contributed by atoms with Crippen LogP contribution in [0.5, 0.6) is 0 Å². The fourth-order valence-electron chi connectivity index (χ4n) is 4.31. The highest BCUT2D eigenvalue weighted by Gasteiger charge is 2.35. The van der Waals surface area contributed by atoms with Crippen molar-refractivity contribution in [1.29, 1.82) is 0 Å². The van der Waals surface area contributed by atoms with Crippen LogP contribution in [0.25, 0.3) is 11.0 Å². The largest absolute Gasteiger partial charge is 0.383 e. The zero-order valence-electron chi connectivity index (χ0n) is 18.4. The summed E-state index contributed by atoms with van der Waals surface area (Å²) < 4.78 is 30.7. The number of hydrogen-bond acceptors (Lipinski definition) is 7. The molecule has 3 heterocycles. The number of rotatable bonds is 4. The molecule has 4 N–H and O–H groups in total. The van der Waals surface area contributed by atoms with Gasteiger partial charge in [0.25, 0.3) is 10.0 Å². The van der Waals surface area contributed by atoms with Crippen LogP contribution in [0.1, 0.15) is 36.9 Å². The van der Waals surface area contributed by atoms with E-state index in [2.05, 4.69) is 28.9 Å². The van der Waals surface area contributed by atoms with E-state index in [4.69, 9.17) is 11.5 Å². The number of fused-ring (bicyclic) bond motifs is 2. The first kappa shape index (κ1) is 21.2. The molecular formula is C23H25N7O2S. The molecule has 170 valence electrons. The molecule has 0 aliphatic carbocycles. The van der Waals surface area contributed by atoms with Gasteiger partial charge in [0.1, 0.15) is 5.82 Å². The van der Waals surface area contributed by atoms with E-state index >= 15 is 0 Å². The predicted molar refractivity (Wildman–Crippen MR) is 128 cm³/mol. The van der Waals surface area contributed by atoms with E-state index in [0.29, 0.717) is 29.1 Å². The average molecular weight is 464 g/mol. The van der Waals surface area contributed by atoms with Crippen molar-refractivity contribution in [2.45, 2.75) is 37.1 Å². The van der Waals surface area contributed by atoms with Gasteiger partial charge in [-0.1, -0.05) is 44.2 Å². The normalized spacial score (nSPS) is 16.3. The van der Waals surface area contributed by atoms with Crippen LogP contribution in [0.15, 0.2) is 59.6 Å². The van der Waals surface area contributed by atoms with Gasteiger partial charge < -0.3 is 11.5 Å². The van der Waals surface area contributed by atoms with E-state index < -0.39 is 10.0 Å². The molecule has 0 bridgehead atoms. The van der Waals surface area contributed by atoms with E-state index in [-0.39, 0.29) is 29.2 Å². The Balaban J connectivity index is 1.60. The summed E-state index contributed by atoms with van der Waals surface area (Å²) in [5.41, 5.74) is 15.0. The fourth-order valence-corrected chi connectivity index (χ4v) is 5.85. The minimum absolute atomic E-state index is 0.0488. The van der Waals surface area contributed by atoms with E-state index in [1.54, 1.807) is 23.0 Å². The molecule has 0 saturated carbocycles. The van der Waals surface area contributed by atoms with E-state index in [0.717, 1.165) is 11.1 Å². The predicted octanol–water partition coefficient (Wildman–Crippen LogP) is 3.11. The van der Waals surface area contributed by atoms with Gasteiger partial charge in [-0.3, -0.25) is 4.31 Å². The lowest BCUT2D eigenvalue weighted by Crippen LogP contribution is -2.41. The Kier molecular flexibility index (Phi) is 4.97. The zero-order valence-corrected chi connectivity index (χ0v) is 19.2. The molecule has 0 spiro atoms. The fraction of sp³-hybridized carbons (Fsp3) is 0.261. The minimum Gasteiger partial charge on any atom is -0.383 e. The second-order valence-corrected chi connectivity index (χ2v) is 10.4. The topological polar surface area (TPSA) is 133 Å². The molecule has 33 heavy (non-hydrogen) atoms. The number of sulfonamides is 1. The molecule has 10 heteroatoms. The summed E-state index contributed by atoms with van der Waals surface area (Å²) in [6.45, 7) is 4.35. The molecule has 2 aromatic heterocycles. The van der Waals surface area contributed by atoms with E-state index in [1.807, 2.05) is 36.4 Å². The molecule has 0 amide bonds. The van der Waals surface area contributed by atoms with Crippen LogP contribution in [0.4, 0.5) is 17.5 Å². The SMILES string of the molecule is CC(C)c1ccc(S(=O)(=O)N2CC(n3ncc4c(N)nc(N)nc43)Cc3ccccc32)cc1. The smallest absolute Gasteiger partial charge is 0.264 e. The molecule has 2 aromatic carbocycles. The van der Waals surface area contributed by atoms with Crippen molar-refractivity contribution in [2.24, 2.45) is 0 Å². The molecule has 1 aliphatic heterocycles. The second kappa shape index (κ2) is 7.73. The Morgan fingerprint density at radius 1 is 1.03 bits per heavy atom. The van der Waals surface area contributed by atoms with Crippen molar-refractivity contribution in [3.05, 3.63) is 65.9 Å². The van der Waals surface area contributed by atoms with E-state index in [1.165, 1.54) is 4.31 Å². The monoisotopic (exact) mass is 463 g/mol. The van der Waals surface area contributed by atoms with Crippen LogP contribution in [0.3, 0.4) is 0 Å². The molecule has 0 radical (unpaired) electrons. The summed E-state index contributed by atoms with van der Waals surface area (Å²) in [5, 5.41) is 5.06. The molecule has 5 rings (SSSR count). The number of anilines is 3. The summed E-state index contributed by atoms with van der Waals surface area (Å²) in [5.74, 6) is 0.610. The number of para-hydroxylation sites is 1. The van der Waals surface area contributed by atoms with Crippen molar-refractivity contribution in [3.8, 4) is 0 Å². The summed E-state index contributed by atoms with van der Waals surface area (Å²) in [7, 11) is -3.80. The first-order chi connectivity index (χ1) is 15.8. The van der Waals surface area contributed by atoms with Gasteiger partial charge in [0, 0.05) is 0 Å². The third-order valence-electron chi connectivity index (χ3n) is 6.07. The van der Waals surface area contributed by atoms with Crippen LogP contribution < -0.4 is 15.8 Å². The Hall–Kier alpha value is -3.66. The van der Waals surface area contributed by atoms with Gasteiger partial charge in [-0.2, -0.15) is 15.1 Å². The van der Waals surface area contributed by atoms with Gasteiger partial charge in [0.2, 0.25) is 5.95 Å². The average Bonchev–Trinajstić information content (AvgIpc) is 3.22. The van der Waals surface area contributed by atoms with Crippen LogP contribution in [0.2, 0.25) is 0 Å². The third-order valence-corrected chi connectivity index (χ3v) is 7.87. The van der Waals surface area contributed by atoms with Crippen LogP contribution >= 0.6 is 0 Å². The first-order valence-electron chi connectivity index (χ1n) is 10.7. The molecule has 9 nitrogen and oxygen atoms in total. The lowest BCUT2D eigenvalue weighted by atomic mass is 10.00. The van der Waals surface area contributed by atoms with Crippen molar-refractivity contribution in [3.63, 3.8) is 0 Å². The second-order valence-electron chi connectivity index (χ2n) is 8.54. The van der Waals surface area contributed by atoms with Gasteiger partial charge in [-0.25, -0.2) is 13.1 Å². The van der Waals surface area contributed by atoms with Gasteiger partial charge in [-0.15, -0.1) is 0 Å². The highest BCUT2D eigenvalue weighted by Crippen LogP contribution is 2.37. The maximum atomic E-state index is 13.7. The zero-order chi connectivity index (χ0) is 23.3. The Bertz CT molecular complexity index is 1450. The lowest BCUT2D eigenvalue weighted by Gasteiger charge is -2.35. The summed E-state index contributed by atoms with van der Waals surface area (Å²) in [6, 6.07) is 14.3. The van der Waals surface area contributed by atoms with Crippen molar-refractivity contribution in [2.75, 3.05) is 22.3 Å². The number of hydrogen-bond donors (Lipinski definition) is 2. The Morgan fingerprint density at radius 3 is 2.48 bits per heavy atom. The highest BCUT2D eigenvalue weighted by molar-refractivity contribution is 7.92. The number of nitrogen functional groups attached to an aromatic ring is 2. The van der Waals surface area contributed by atoms with E-state index in [9.17, 15) is 8.42 Å². The summed E-state index contributed by atoms with van der Waals surface area (Å²) in [4.78, 5) is 8.57. The minimum atomic E-state index is -3.80. The molecule has 4 aromatic rings. The van der Waals surface area contributed by atoms with Crippen molar-refractivity contribution in [1.82, 2.24) is 19.7 Å². The highest BCUT2D eigenvalue weighted by atomic mass is 32.2. The molecule has 0 fully saturated rings. The maximum absolute atomic E-state index is 13.7. The summed E-state index contributed by atoms with van der Waals surface area (Å²) >= 11 is 0. The van der Waals surface area contributed by atoms with Gasteiger partial charge >= 0.3 is 0 Å². The van der Waals surface area contributed by atoms with Crippen molar-refractivity contribution >= 4 is 38.5 Å². The van der Waals surface area contributed by atoms with Crippen LogP contribution in [0, 0.1) is 0 Å². The van der Waals surface area contributed by atoms with Crippen LogP contribution in [-0.2, 0) is 16.4 Å². The number of aromatic nitrogens is 4. The summed E-state index contributed by atoms with van der Waals surface area (Å²) in [6.07, 6.45) is 2.18. The third kappa shape index (κ3) is 3.56. The lowest BCUT2D eigenvalue weighted by molar-refractivity contribution is 0.456. The molecular weight excluding hydrogens is 438 g/mol. The molecule has 0 saturated heterocycles. The van der Waals surface area contributed by atoms with Crippen molar-refractivity contribution < 1.29 is 8.42 Å². The van der Waals surface area contributed by atoms with Gasteiger partial charge in [0.05, 0.1) is 34.8 Å².